The molecule has 0 radical (unpaired) electrons. The molecule has 1 aromatic heterocycles. The highest BCUT2D eigenvalue weighted by Crippen LogP contribution is 2.65. The fourth-order valence-corrected chi connectivity index (χ4v) is 17.3. The number of benzene rings is 13. The maximum atomic E-state index is 7.01. The standard InChI is InChI=1S/C78H47NOS2/c1-2-22-52-48(20-1)40-43-68(75(52)50-42-45-73-65(47-50)78(63-33-14-18-38-72(63)82-73)60-30-11-5-25-55(60)56-26-6-12-31-61(56)78)79(67-35-19-39-74-76(67)57-27-8-17-37-71(57)81-74)66-34-15-7-21-51(66)49-41-44-70-64(46-49)77(62-32-13-16-36-69(62)80-70)58-28-9-3-23-53(58)54-24-4-10-29-59(54)77/h1-47H. The first kappa shape index (κ1) is 46.1. The van der Waals surface area contributed by atoms with Crippen LogP contribution in [0.5, 0.6) is 11.5 Å². The highest BCUT2D eigenvalue weighted by atomic mass is 32.2. The van der Waals surface area contributed by atoms with Gasteiger partial charge in [-0.1, -0.05) is 230 Å². The Hall–Kier alpha value is -9.71. The number of anilines is 3. The van der Waals surface area contributed by atoms with Gasteiger partial charge in [0, 0.05) is 52.2 Å². The normalized spacial score (nSPS) is 14.1. The number of nitrogens with zero attached hydrogens (tertiary/aromatic N) is 1. The van der Waals surface area contributed by atoms with Crippen molar-refractivity contribution in [2.45, 2.75) is 20.6 Å². The number of hydrogen-bond donors (Lipinski definition) is 0. The molecule has 18 rings (SSSR count). The van der Waals surface area contributed by atoms with E-state index in [0.717, 1.165) is 50.8 Å². The molecule has 0 bridgehead atoms. The molecule has 2 spiro atoms. The minimum atomic E-state index is -0.613. The van der Waals surface area contributed by atoms with E-state index in [2.05, 4.69) is 290 Å². The first-order chi connectivity index (χ1) is 40.7. The summed E-state index contributed by atoms with van der Waals surface area (Å²) in [6, 6.07) is 107. The van der Waals surface area contributed by atoms with Gasteiger partial charge in [0.2, 0.25) is 0 Å². The third-order valence-corrected chi connectivity index (χ3v) is 20.5. The molecular weight excluding hydrogens is 1030 g/mol. The zero-order valence-electron chi connectivity index (χ0n) is 44.3. The van der Waals surface area contributed by atoms with Crippen molar-refractivity contribution in [1.29, 1.82) is 0 Å². The van der Waals surface area contributed by atoms with Crippen molar-refractivity contribution in [3.8, 4) is 56.0 Å². The Balaban J connectivity index is 0.918. The summed E-state index contributed by atoms with van der Waals surface area (Å²) in [5, 5.41) is 4.87. The second-order valence-electron chi connectivity index (χ2n) is 22.1. The van der Waals surface area contributed by atoms with E-state index in [1.165, 1.54) is 107 Å². The molecular formula is C78H47NOS2. The fraction of sp³-hybridized carbons (Fsp3) is 0.0256. The lowest BCUT2D eigenvalue weighted by atomic mass is 9.65. The van der Waals surface area contributed by atoms with E-state index in [0.29, 0.717) is 0 Å². The van der Waals surface area contributed by atoms with Gasteiger partial charge in [0.1, 0.15) is 11.5 Å². The Labute approximate surface area is 483 Å². The van der Waals surface area contributed by atoms with Crippen LogP contribution in [0.1, 0.15) is 44.5 Å². The van der Waals surface area contributed by atoms with Crippen LogP contribution in [0, 0.1) is 0 Å². The Kier molecular flexibility index (Phi) is 9.78. The van der Waals surface area contributed by atoms with E-state index in [4.69, 9.17) is 4.74 Å². The molecule has 0 saturated carbocycles. The zero-order chi connectivity index (χ0) is 53.7. The summed E-state index contributed by atoms with van der Waals surface area (Å²) in [6.45, 7) is 0. The van der Waals surface area contributed by atoms with Crippen LogP contribution < -0.4 is 9.64 Å². The minimum absolute atomic E-state index is 0.535. The molecule has 14 aromatic rings. The van der Waals surface area contributed by atoms with Crippen LogP contribution in [0.2, 0.25) is 0 Å². The maximum Gasteiger partial charge on any atom is 0.132 e. The van der Waals surface area contributed by atoms with E-state index in [9.17, 15) is 0 Å². The van der Waals surface area contributed by atoms with Crippen molar-refractivity contribution in [1.82, 2.24) is 0 Å². The van der Waals surface area contributed by atoms with Crippen molar-refractivity contribution >= 4 is 71.1 Å². The van der Waals surface area contributed by atoms with Gasteiger partial charge < -0.3 is 9.64 Å². The van der Waals surface area contributed by atoms with Crippen LogP contribution in [-0.4, -0.2) is 0 Å². The van der Waals surface area contributed by atoms with E-state index in [1.807, 2.05) is 23.1 Å². The highest BCUT2D eigenvalue weighted by Gasteiger charge is 2.52. The van der Waals surface area contributed by atoms with Crippen LogP contribution in [0.3, 0.4) is 0 Å². The van der Waals surface area contributed by atoms with Crippen molar-refractivity contribution in [3.63, 3.8) is 0 Å². The first-order valence-electron chi connectivity index (χ1n) is 28.2. The van der Waals surface area contributed by atoms with Gasteiger partial charge in [0.25, 0.3) is 0 Å². The number of hydrogen-bond acceptors (Lipinski definition) is 4. The third kappa shape index (κ3) is 6.15. The van der Waals surface area contributed by atoms with Gasteiger partial charge in [0.15, 0.2) is 0 Å². The smallest absolute Gasteiger partial charge is 0.132 e. The Bertz CT molecular complexity index is 4950. The molecule has 382 valence electrons. The van der Waals surface area contributed by atoms with E-state index in [-0.39, 0.29) is 0 Å². The number of para-hydroxylation sites is 2. The minimum Gasteiger partial charge on any atom is -0.457 e. The average Bonchev–Trinajstić information content (AvgIpc) is 1.88. The molecule has 0 saturated heterocycles. The molecule has 0 fully saturated rings. The number of fused-ring (bicyclic) bond motifs is 22. The van der Waals surface area contributed by atoms with Gasteiger partial charge in [-0.05, 0) is 144 Å². The monoisotopic (exact) mass is 1080 g/mol. The summed E-state index contributed by atoms with van der Waals surface area (Å²) in [5.74, 6) is 1.76. The second kappa shape index (κ2) is 17.4. The van der Waals surface area contributed by atoms with Gasteiger partial charge >= 0.3 is 0 Å². The van der Waals surface area contributed by atoms with Crippen LogP contribution >= 0.6 is 23.1 Å². The average molecular weight is 1080 g/mol. The summed E-state index contributed by atoms with van der Waals surface area (Å²) in [6.07, 6.45) is 0. The number of rotatable bonds is 5. The van der Waals surface area contributed by atoms with Crippen molar-refractivity contribution in [2.24, 2.45) is 0 Å². The van der Waals surface area contributed by atoms with Gasteiger partial charge in [-0.25, -0.2) is 0 Å². The summed E-state index contributed by atoms with van der Waals surface area (Å²) in [5.41, 5.74) is 22.0. The number of thiophene rings is 1. The summed E-state index contributed by atoms with van der Waals surface area (Å²) in [7, 11) is 0. The molecule has 3 heterocycles. The molecule has 13 aromatic carbocycles. The molecule has 0 atom stereocenters. The van der Waals surface area contributed by atoms with Crippen molar-refractivity contribution < 1.29 is 4.74 Å². The molecule has 0 N–H and O–H groups in total. The predicted molar refractivity (Wildman–Crippen MR) is 341 cm³/mol. The molecule has 4 heteroatoms. The lowest BCUT2D eigenvalue weighted by Gasteiger charge is -2.40. The Morgan fingerprint density at radius 3 is 1.55 bits per heavy atom. The van der Waals surface area contributed by atoms with Crippen LogP contribution in [-0.2, 0) is 10.8 Å². The Morgan fingerprint density at radius 2 is 0.817 bits per heavy atom. The Morgan fingerprint density at radius 1 is 0.305 bits per heavy atom. The number of ether oxygens (including phenoxy) is 1. The topological polar surface area (TPSA) is 12.5 Å². The largest absolute Gasteiger partial charge is 0.457 e. The second-order valence-corrected chi connectivity index (χ2v) is 24.3. The SMILES string of the molecule is c1ccc2c(c1)Oc1ccc(-c3ccccc3N(c3ccc4ccccc4c3-c3ccc4c(c3)C3(c5ccccc5S4)c4ccccc4-c4ccccc43)c3cccc4sc5ccccc5c34)cc1C21c2ccccc2-c2ccccc21. The summed E-state index contributed by atoms with van der Waals surface area (Å²) >= 11 is 3.76. The molecule has 2 aliphatic heterocycles. The van der Waals surface area contributed by atoms with Crippen molar-refractivity contribution in [2.75, 3.05) is 4.90 Å². The fourth-order valence-electron chi connectivity index (χ4n) is 15.0. The first-order valence-corrected chi connectivity index (χ1v) is 29.9. The molecule has 82 heavy (non-hydrogen) atoms. The molecule has 2 nitrogen and oxygen atoms in total. The molecule has 0 unspecified atom stereocenters. The van der Waals surface area contributed by atoms with Crippen LogP contribution in [0.15, 0.2) is 295 Å². The molecule has 4 aliphatic rings. The van der Waals surface area contributed by atoms with Crippen LogP contribution in [0.4, 0.5) is 17.1 Å². The lowest BCUT2D eigenvalue weighted by molar-refractivity contribution is 0.436. The van der Waals surface area contributed by atoms with Gasteiger partial charge in [0.05, 0.1) is 27.9 Å². The quantitative estimate of drug-likeness (QED) is 0.170. The van der Waals surface area contributed by atoms with E-state index >= 15 is 0 Å². The molecule has 2 aliphatic carbocycles. The zero-order valence-corrected chi connectivity index (χ0v) is 45.9. The van der Waals surface area contributed by atoms with Gasteiger partial charge in [-0.3, -0.25) is 0 Å². The molecule has 0 amide bonds. The van der Waals surface area contributed by atoms with Gasteiger partial charge in [-0.2, -0.15) is 0 Å². The van der Waals surface area contributed by atoms with E-state index in [1.54, 1.807) is 0 Å². The van der Waals surface area contributed by atoms with E-state index < -0.39 is 10.8 Å². The van der Waals surface area contributed by atoms with Crippen LogP contribution in [0.25, 0.3) is 75.5 Å². The maximum absolute atomic E-state index is 7.01. The summed E-state index contributed by atoms with van der Waals surface area (Å²) in [4.78, 5) is 5.17. The highest BCUT2D eigenvalue weighted by molar-refractivity contribution is 7.99. The van der Waals surface area contributed by atoms with Crippen molar-refractivity contribution in [3.05, 3.63) is 330 Å². The van der Waals surface area contributed by atoms with Gasteiger partial charge in [-0.15, -0.1) is 11.3 Å². The predicted octanol–water partition coefficient (Wildman–Crippen LogP) is 21.3. The lowest BCUT2D eigenvalue weighted by Crippen LogP contribution is -2.32. The third-order valence-electron chi connectivity index (χ3n) is 18.2. The summed E-state index contributed by atoms with van der Waals surface area (Å²) < 4.78 is 9.53.